The average molecular weight is 451 g/mol. The molecule has 2 aromatic carbocycles. The van der Waals surface area contributed by atoms with E-state index in [4.69, 9.17) is 14.2 Å². The predicted octanol–water partition coefficient (Wildman–Crippen LogP) is 3.72. The molecule has 0 bridgehead atoms. The number of hydrogen-bond donors (Lipinski definition) is 0. The van der Waals surface area contributed by atoms with E-state index in [1.54, 1.807) is 33.5 Å². The number of rotatable bonds is 7. The average Bonchev–Trinajstić information content (AvgIpc) is 3.08. The lowest BCUT2D eigenvalue weighted by atomic mass is 9.97. The van der Waals surface area contributed by atoms with Gasteiger partial charge in [0.2, 0.25) is 0 Å². The summed E-state index contributed by atoms with van der Waals surface area (Å²) in [5, 5.41) is 0. The lowest BCUT2D eigenvalue weighted by molar-refractivity contribution is -0.138. The number of carbonyl (C=O) groups excluding carboxylic acids is 2. The number of nitrogens with zero attached hydrogens (tertiary/aromatic N) is 2. The van der Waals surface area contributed by atoms with Crippen LogP contribution in [-0.2, 0) is 16.1 Å². The number of imide groups is 1. The number of amides is 2. The fourth-order valence-electron chi connectivity index (χ4n) is 4.56. The van der Waals surface area contributed by atoms with Gasteiger partial charge >= 0.3 is 0 Å². The van der Waals surface area contributed by atoms with Crippen LogP contribution in [0.4, 0.5) is 0 Å². The molecule has 4 rings (SSSR count). The Labute approximate surface area is 194 Å². The van der Waals surface area contributed by atoms with Gasteiger partial charge in [-0.1, -0.05) is 25.1 Å². The molecule has 1 unspecified atom stereocenters. The molecule has 1 fully saturated rings. The number of methoxy groups -OCH3 is 3. The first-order valence-corrected chi connectivity index (χ1v) is 11.2. The van der Waals surface area contributed by atoms with Gasteiger partial charge in [-0.05, 0) is 54.2 Å². The minimum Gasteiger partial charge on any atom is -0.497 e. The van der Waals surface area contributed by atoms with Gasteiger partial charge in [-0.2, -0.15) is 0 Å². The molecule has 0 N–H and O–H groups in total. The molecular formula is C26H30N2O5. The van der Waals surface area contributed by atoms with Crippen molar-refractivity contribution in [3.63, 3.8) is 0 Å². The largest absolute Gasteiger partial charge is 0.497 e. The fourth-order valence-corrected chi connectivity index (χ4v) is 4.56. The highest BCUT2D eigenvalue weighted by molar-refractivity contribution is 6.35. The van der Waals surface area contributed by atoms with Crippen molar-refractivity contribution in [2.45, 2.75) is 26.3 Å². The van der Waals surface area contributed by atoms with Crippen LogP contribution in [0.3, 0.4) is 0 Å². The second kappa shape index (κ2) is 9.57. The molecule has 0 radical (unpaired) electrons. The van der Waals surface area contributed by atoms with Crippen molar-refractivity contribution < 1.29 is 23.8 Å². The quantitative estimate of drug-likeness (QED) is 0.599. The third-order valence-corrected chi connectivity index (χ3v) is 6.29. The van der Waals surface area contributed by atoms with Crippen LogP contribution in [0.1, 0.15) is 30.9 Å². The molecule has 174 valence electrons. The molecular weight excluding hydrogens is 420 g/mol. The Morgan fingerprint density at radius 1 is 0.909 bits per heavy atom. The van der Waals surface area contributed by atoms with Crippen LogP contribution in [-0.4, -0.2) is 56.0 Å². The van der Waals surface area contributed by atoms with Gasteiger partial charge < -0.3 is 19.1 Å². The summed E-state index contributed by atoms with van der Waals surface area (Å²) in [6.45, 7) is 3.89. The maximum Gasteiger partial charge on any atom is 0.278 e. The number of ether oxygens (including phenoxy) is 3. The van der Waals surface area contributed by atoms with Crippen molar-refractivity contribution >= 4 is 17.4 Å². The fraction of sp³-hybridized carbons (Fsp3) is 0.385. The topological polar surface area (TPSA) is 68.3 Å². The smallest absolute Gasteiger partial charge is 0.278 e. The van der Waals surface area contributed by atoms with E-state index in [0.717, 1.165) is 37.2 Å². The predicted molar refractivity (Wildman–Crippen MR) is 125 cm³/mol. The van der Waals surface area contributed by atoms with Gasteiger partial charge in [0.15, 0.2) is 11.5 Å². The van der Waals surface area contributed by atoms with E-state index in [9.17, 15) is 9.59 Å². The Bertz CT molecular complexity index is 1080. The van der Waals surface area contributed by atoms with E-state index >= 15 is 0 Å². The molecule has 0 aromatic heterocycles. The molecule has 7 nitrogen and oxygen atoms in total. The Morgan fingerprint density at radius 3 is 2.27 bits per heavy atom. The zero-order valence-electron chi connectivity index (χ0n) is 19.6. The number of piperidine rings is 1. The van der Waals surface area contributed by atoms with E-state index in [2.05, 4.69) is 11.8 Å². The third kappa shape index (κ3) is 4.40. The normalized spacial score (nSPS) is 18.7. The number of benzene rings is 2. The van der Waals surface area contributed by atoms with E-state index in [1.807, 2.05) is 30.3 Å². The maximum atomic E-state index is 13.7. The Kier molecular flexibility index (Phi) is 6.58. The van der Waals surface area contributed by atoms with Gasteiger partial charge in [-0.3, -0.25) is 14.5 Å². The lowest BCUT2D eigenvalue weighted by Gasteiger charge is -2.33. The molecule has 1 atom stereocenters. The summed E-state index contributed by atoms with van der Waals surface area (Å²) in [5.74, 6) is 1.72. The van der Waals surface area contributed by atoms with E-state index in [-0.39, 0.29) is 18.4 Å². The summed E-state index contributed by atoms with van der Waals surface area (Å²) < 4.78 is 16.0. The molecule has 0 spiro atoms. The SMILES string of the molecule is COc1ccc(CN2C(=O)C(c3ccc(OC)c(OC)c3)=C(N3CCCC(C)C3)C2=O)cc1. The molecule has 2 amide bonds. The van der Waals surface area contributed by atoms with E-state index in [1.165, 1.54) is 4.90 Å². The van der Waals surface area contributed by atoms with Crippen LogP contribution < -0.4 is 14.2 Å². The highest BCUT2D eigenvalue weighted by Crippen LogP contribution is 2.38. The zero-order valence-corrected chi connectivity index (χ0v) is 19.6. The van der Waals surface area contributed by atoms with E-state index in [0.29, 0.717) is 34.3 Å². The zero-order chi connectivity index (χ0) is 23.5. The first-order chi connectivity index (χ1) is 16.0. The van der Waals surface area contributed by atoms with Crippen molar-refractivity contribution in [3.8, 4) is 17.2 Å². The van der Waals surface area contributed by atoms with Gasteiger partial charge in [0.05, 0.1) is 33.4 Å². The second-order valence-corrected chi connectivity index (χ2v) is 8.53. The Hall–Kier alpha value is -3.48. The molecule has 0 aliphatic carbocycles. The molecule has 7 heteroatoms. The van der Waals surface area contributed by atoms with Crippen LogP contribution in [0.5, 0.6) is 17.2 Å². The first-order valence-electron chi connectivity index (χ1n) is 11.2. The molecule has 2 heterocycles. The summed E-state index contributed by atoms with van der Waals surface area (Å²) in [7, 11) is 4.73. The molecule has 0 saturated carbocycles. The monoisotopic (exact) mass is 450 g/mol. The highest BCUT2D eigenvalue weighted by atomic mass is 16.5. The highest BCUT2D eigenvalue weighted by Gasteiger charge is 2.42. The van der Waals surface area contributed by atoms with Crippen molar-refractivity contribution in [3.05, 3.63) is 59.3 Å². The summed E-state index contributed by atoms with van der Waals surface area (Å²) in [6.07, 6.45) is 2.11. The van der Waals surface area contributed by atoms with Gasteiger partial charge in [0.1, 0.15) is 11.4 Å². The maximum absolute atomic E-state index is 13.7. The number of hydrogen-bond acceptors (Lipinski definition) is 6. The molecule has 1 saturated heterocycles. The van der Waals surface area contributed by atoms with Crippen LogP contribution in [0, 0.1) is 5.92 Å². The summed E-state index contributed by atoms with van der Waals surface area (Å²) in [6, 6.07) is 12.7. The minimum absolute atomic E-state index is 0.200. The summed E-state index contributed by atoms with van der Waals surface area (Å²) in [5.41, 5.74) is 2.41. The Morgan fingerprint density at radius 2 is 1.64 bits per heavy atom. The van der Waals surface area contributed by atoms with Gasteiger partial charge in [0, 0.05) is 13.1 Å². The molecule has 33 heavy (non-hydrogen) atoms. The molecule has 2 aromatic rings. The first kappa shape index (κ1) is 22.7. The van der Waals surface area contributed by atoms with Crippen molar-refractivity contribution in [1.29, 1.82) is 0 Å². The van der Waals surface area contributed by atoms with Gasteiger partial charge in [0.25, 0.3) is 11.8 Å². The Balaban J connectivity index is 1.74. The lowest BCUT2D eigenvalue weighted by Crippen LogP contribution is -2.39. The molecule has 2 aliphatic rings. The molecule has 2 aliphatic heterocycles. The van der Waals surface area contributed by atoms with Gasteiger partial charge in [-0.15, -0.1) is 0 Å². The minimum atomic E-state index is -0.295. The number of carbonyl (C=O) groups is 2. The van der Waals surface area contributed by atoms with Crippen molar-refractivity contribution in [2.75, 3.05) is 34.4 Å². The van der Waals surface area contributed by atoms with Crippen LogP contribution in [0.25, 0.3) is 5.57 Å². The van der Waals surface area contributed by atoms with Crippen LogP contribution in [0.15, 0.2) is 48.2 Å². The standard InChI is InChI=1S/C26H30N2O5/c1-17-6-5-13-27(15-17)24-23(19-9-12-21(32-3)22(14-19)33-4)25(29)28(26(24)30)16-18-7-10-20(31-2)11-8-18/h7-12,14,17H,5-6,13,15-16H2,1-4H3. The third-order valence-electron chi connectivity index (χ3n) is 6.29. The van der Waals surface area contributed by atoms with E-state index < -0.39 is 0 Å². The van der Waals surface area contributed by atoms with Crippen LogP contribution in [0.2, 0.25) is 0 Å². The number of likely N-dealkylation sites (tertiary alicyclic amines) is 1. The van der Waals surface area contributed by atoms with Crippen LogP contribution >= 0.6 is 0 Å². The summed E-state index contributed by atoms with van der Waals surface area (Å²) in [4.78, 5) is 30.7. The van der Waals surface area contributed by atoms with Crippen molar-refractivity contribution in [2.24, 2.45) is 5.92 Å². The van der Waals surface area contributed by atoms with Crippen molar-refractivity contribution in [1.82, 2.24) is 9.80 Å². The second-order valence-electron chi connectivity index (χ2n) is 8.53. The van der Waals surface area contributed by atoms with Gasteiger partial charge in [-0.25, -0.2) is 0 Å². The summed E-state index contributed by atoms with van der Waals surface area (Å²) >= 11 is 0.